The molecular weight excluding hydrogens is 314 g/mol. The van der Waals surface area contributed by atoms with Crippen LogP contribution in [0.5, 0.6) is 0 Å². The number of thiophene rings is 1. The maximum Gasteiger partial charge on any atom is 0.0401 e. The van der Waals surface area contributed by atoms with Crippen LogP contribution in [0.15, 0.2) is 54.2 Å². The first kappa shape index (κ1) is 15.8. The van der Waals surface area contributed by atoms with Gasteiger partial charge >= 0.3 is 0 Å². The molecule has 0 radical (unpaired) electrons. The molecule has 2 aromatic heterocycles. The normalized spacial score (nSPS) is 21.5. The molecule has 124 valence electrons. The van der Waals surface area contributed by atoms with E-state index in [1.165, 1.54) is 27.6 Å². The first-order valence-electron chi connectivity index (χ1n) is 8.59. The van der Waals surface area contributed by atoms with Crippen molar-refractivity contribution in [2.75, 3.05) is 20.1 Å². The summed E-state index contributed by atoms with van der Waals surface area (Å²) in [6.07, 6.45) is 5.12. The fourth-order valence-corrected chi connectivity index (χ4v) is 4.84. The first-order valence-corrected chi connectivity index (χ1v) is 9.47. The highest BCUT2D eigenvalue weighted by Crippen LogP contribution is 2.35. The Hall–Kier alpha value is -1.75. The lowest BCUT2D eigenvalue weighted by molar-refractivity contribution is 0.271. The summed E-state index contributed by atoms with van der Waals surface area (Å²) in [6, 6.07) is 13.4. The van der Waals surface area contributed by atoms with Gasteiger partial charge in [0.25, 0.3) is 0 Å². The molecule has 3 aromatic rings. The van der Waals surface area contributed by atoms with Crippen LogP contribution in [0.4, 0.5) is 0 Å². The zero-order valence-electron chi connectivity index (χ0n) is 14.0. The van der Waals surface area contributed by atoms with Gasteiger partial charge in [-0.05, 0) is 60.0 Å². The fourth-order valence-electron chi connectivity index (χ4n) is 3.88. The molecule has 0 bridgehead atoms. The fraction of sp³-hybridized carbons (Fsp3) is 0.350. The van der Waals surface area contributed by atoms with Gasteiger partial charge in [0, 0.05) is 36.2 Å². The van der Waals surface area contributed by atoms with Crippen molar-refractivity contribution in [2.45, 2.75) is 19.0 Å². The van der Waals surface area contributed by atoms with Crippen LogP contribution in [0.25, 0.3) is 10.1 Å². The van der Waals surface area contributed by atoms with E-state index in [9.17, 15) is 0 Å². The van der Waals surface area contributed by atoms with Crippen LogP contribution in [0.3, 0.4) is 0 Å². The Kier molecular flexibility index (Phi) is 4.60. The van der Waals surface area contributed by atoms with Gasteiger partial charge in [0.2, 0.25) is 0 Å². The summed E-state index contributed by atoms with van der Waals surface area (Å²) in [6.45, 7) is 3.16. The number of pyridine rings is 1. The zero-order valence-corrected chi connectivity index (χ0v) is 14.8. The smallest absolute Gasteiger partial charge is 0.0401 e. The largest absolute Gasteiger partial charge is 0.312 e. The average molecular weight is 337 g/mol. The minimum Gasteiger partial charge on any atom is -0.312 e. The highest BCUT2D eigenvalue weighted by Gasteiger charge is 2.32. The SMILES string of the molecule is CN1CC[C@@H](CNCc2csc3ccccc23)[C@@H]1c1cccnc1. The quantitative estimate of drug-likeness (QED) is 0.760. The first-order chi connectivity index (χ1) is 11.8. The van der Waals surface area contributed by atoms with E-state index in [2.05, 4.69) is 58.0 Å². The third kappa shape index (κ3) is 3.09. The lowest BCUT2D eigenvalue weighted by Gasteiger charge is -2.25. The van der Waals surface area contributed by atoms with Gasteiger partial charge in [-0.15, -0.1) is 11.3 Å². The molecule has 0 saturated carbocycles. The van der Waals surface area contributed by atoms with Crippen LogP contribution in [0.1, 0.15) is 23.6 Å². The van der Waals surface area contributed by atoms with Gasteiger partial charge in [0.1, 0.15) is 0 Å². The topological polar surface area (TPSA) is 28.2 Å². The third-order valence-corrected chi connectivity index (χ3v) is 6.10. The van der Waals surface area contributed by atoms with Crippen molar-refractivity contribution in [2.24, 2.45) is 5.92 Å². The molecule has 1 N–H and O–H groups in total. The summed E-state index contributed by atoms with van der Waals surface area (Å²) in [5, 5.41) is 7.38. The molecule has 0 spiro atoms. The number of rotatable bonds is 5. The molecule has 3 heterocycles. The average Bonchev–Trinajstić information content (AvgIpc) is 3.20. The number of nitrogens with zero attached hydrogens (tertiary/aromatic N) is 2. The lowest BCUT2D eigenvalue weighted by Crippen LogP contribution is -2.28. The molecular formula is C20H23N3S. The molecule has 4 rings (SSSR count). The molecule has 1 aliphatic rings. The second-order valence-corrected chi connectivity index (χ2v) is 7.56. The van der Waals surface area contributed by atoms with Crippen molar-refractivity contribution >= 4 is 21.4 Å². The van der Waals surface area contributed by atoms with Crippen molar-refractivity contribution in [3.8, 4) is 0 Å². The molecule has 0 unspecified atom stereocenters. The molecule has 1 fully saturated rings. The summed E-state index contributed by atoms with van der Waals surface area (Å²) in [5.74, 6) is 0.643. The number of aromatic nitrogens is 1. The molecule has 4 heteroatoms. The summed E-state index contributed by atoms with van der Waals surface area (Å²) in [7, 11) is 2.23. The minimum absolute atomic E-state index is 0.477. The van der Waals surface area contributed by atoms with Gasteiger partial charge in [0.15, 0.2) is 0 Å². The van der Waals surface area contributed by atoms with E-state index in [0.29, 0.717) is 12.0 Å². The monoisotopic (exact) mass is 337 g/mol. The maximum absolute atomic E-state index is 4.31. The predicted molar refractivity (Wildman–Crippen MR) is 101 cm³/mol. The summed E-state index contributed by atoms with van der Waals surface area (Å²) in [5.41, 5.74) is 2.75. The highest BCUT2D eigenvalue weighted by atomic mass is 32.1. The number of likely N-dealkylation sites (tertiary alicyclic amines) is 1. The van der Waals surface area contributed by atoms with Crippen LogP contribution in [-0.2, 0) is 6.54 Å². The Morgan fingerprint density at radius 1 is 1.25 bits per heavy atom. The van der Waals surface area contributed by atoms with Crippen molar-refractivity contribution in [3.63, 3.8) is 0 Å². The van der Waals surface area contributed by atoms with Crippen molar-refractivity contribution in [1.82, 2.24) is 15.2 Å². The number of hydrogen-bond donors (Lipinski definition) is 1. The zero-order chi connectivity index (χ0) is 16.4. The third-order valence-electron chi connectivity index (χ3n) is 5.08. The molecule has 1 aliphatic heterocycles. The Balaban J connectivity index is 1.42. The molecule has 1 saturated heterocycles. The van der Waals surface area contributed by atoms with Crippen LogP contribution < -0.4 is 5.32 Å². The second-order valence-electron chi connectivity index (χ2n) is 6.65. The van der Waals surface area contributed by atoms with Gasteiger partial charge in [0.05, 0.1) is 0 Å². The summed E-state index contributed by atoms with van der Waals surface area (Å²) >= 11 is 1.84. The van der Waals surface area contributed by atoms with Crippen molar-refractivity contribution in [3.05, 3.63) is 65.3 Å². The standard InChI is InChI=1S/C20H23N3S/c1-23-10-8-16(20(23)15-5-4-9-21-11-15)12-22-13-17-14-24-19-7-3-2-6-18(17)19/h2-7,9,11,14,16,20,22H,8,10,12-13H2,1H3/t16-,20-/m0/s1. The molecule has 24 heavy (non-hydrogen) atoms. The van der Waals surface area contributed by atoms with Gasteiger partial charge in [-0.2, -0.15) is 0 Å². The molecule has 0 amide bonds. The van der Waals surface area contributed by atoms with E-state index in [0.717, 1.165) is 19.6 Å². The summed E-state index contributed by atoms with van der Waals surface area (Å²) < 4.78 is 1.38. The van der Waals surface area contributed by atoms with Gasteiger partial charge in [-0.25, -0.2) is 0 Å². The van der Waals surface area contributed by atoms with E-state index in [1.807, 2.05) is 29.8 Å². The molecule has 2 atom stereocenters. The predicted octanol–water partition coefficient (Wildman–Crippen LogP) is 4.08. The second kappa shape index (κ2) is 7.01. The van der Waals surface area contributed by atoms with E-state index in [4.69, 9.17) is 0 Å². The van der Waals surface area contributed by atoms with Crippen molar-refractivity contribution in [1.29, 1.82) is 0 Å². The number of hydrogen-bond acceptors (Lipinski definition) is 4. The Labute approximate surface area is 147 Å². The van der Waals surface area contributed by atoms with Crippen LogP contribution in [-0.4, -0.2) is 30.0 Å². The maximum atomic E-state index is 4.31. The summed E-state index contributed by atoms with van der Waals surface area (Å²) in [4.78, 5) is 6.77. The van der Waals surface area contributed by atoms with Crippen LogP contribution in [0.2, 0.25) is 0 Å². The number of nitrogens with one attached hydrogen (secondary N) is 1. The van der Waals surface area contributed by atoms with Gasteiger partial charge in [-0.3, -0.25) is 9.88 Å². The van der Waals surface area contributed by atoms with E-state index in [-0.39, 0.29) is 0 Å². The Bertz CT molecular complexity index is 799. The van der Waals surface area contributed by atoms with Gasteiger partial charge < -0.3 is 5.32 Å². The van der Waals surface area contributed by atoms with Crippen LogP contribution >= 0.6 is 11.3 Å². The van der Waals surface area contributed by atoms with Crippen molar-refractivity contribution < 1.29 is 0 Å². The number of benzene rings is 1. The van der Waals surface area contributed by atoms with E-state index in [1.54, 1.807) is 0 Å². The number of fused-ring (bicyclic) bond motifs is 1. The minimum atomic E-state index is 0.477. The highest BCUT2D eigenvalue weighted by molar-refractivity contribution is 7.17. The lowest BCUT2D eigenvalue weighted by atomic mass is 9.94. The molecule has 1 aromatic carbocycles. The molecule has 3 nitrogen and oxygen atoms in total. The Morgan fingerprint density at radius 2 is 2.17 bits per heavy atom. The van der Waals surface area contributed by atoms with E-state index < -0.39 is 0 Å². The Morgan fingerprint density at radius 3 is 3.04 bits per heavy atom. The van der Waals surface area contributed by atoms with Gasteiger partial charge in [-0.1, -0.05) is 24.3 Å². The van der Waals surface area contributed by atoms with Crippen LogP contribution in [0, 0.1) is 5.92 Å². The molecule has 0 aliphatic carbocycles. The van der Waals surface area contributed by atoms with E-state index >= 15 is 0 Å².